The lowest BCUT2D eigenvalue weighted by Crippen LogP contribution is -1.98. The first-order valence-corrected chi connectivity index (χ1v) is 6.79. The Morgan fingerprint density at radius 1 is 1.17 bits per heavy atom. The molecule has 8 heteroatoms. The van der Waals surface area contributed by atoms with Gasteiger partial charge in [-0.25, -0.2) is 0 Å². The molecule has 0 saturated heterocycles. The number of nitro benzene ring substituents is 1. The Bertz CT molecular complexity index is 844. The highest BCUT2D eigenvalue weighted by atomic mass is 16.6. The summed E-state index contributed by atoms with van der Waals surface area (Å²) in [6.45, 7) is 1.21. The van der Waals surface area contributed by atoms with Crippen molar-refractivity contribution < 1.29 is 19.9 Å². The summed E-state index contributed by atoms with van der Waals surface area (Å²) in [6.07, 6.45) is 0. The molecule has 0 unspecified atom stereocenters. The molecule has 24 heavy (non-hydrogen) atoms. The Balaban J connectivity index is 2.40. The molecule has 8 nitrogen and oxygen atoms in total. The molecule has 2 aromatic rings. The van der Waals surface area contributed by atoms with Crippen LogP contribution in [0.3, 0.4) is 0 Å². The Morgan fingerprint density at radius 2 is 1.83 bits per heavy atom. The molecular formula is C16H13N3O5. The van der Waals surface area contributed by atoms with Gasteiger partial charge in [0.2, 0.25) is 0 Å². The van der Waals surface area contributed by atoms with Gasteiger partial charge in [0, 0.05) is 18.6 Å². The third-order valence-corrected chi connectivity index (χ3v) is 3.03. The number of phenols is 1. The van der Waals surface area contributed by atoms with E-state index in [0.29, 0.717) is 5.56 Å². The normalized spacial score (nSPS) is 12.0. The van der Waals surface area contributed by atoms with Crippen LogP contribution in [0, 0.1) is 10.1 Å². The minimum absolute atomic E-state index is 0.0692. The minimum atomic E-state index is -0.664. The number of aliphatic hydroxyl groups is 1. The number of allylic oxidation sites excluding steroid dienone is 1. The van der Waals surface area contributed by atoms with E-state index in [1.807, 2.05) is 0 Å². The van der Waals surface area contributed by atoms with Crippen molar-refractivity contribution in [2.45, 2.75) is 6.92 Å². The third kappa shape index (κ3) is 3.80. The Morgan fingerprint density at radius 3 is 2.38 bits per heavy atom. The first kappa shape index (κ1) is 16.8. The van der Waals surface area contributed by atoms with E-state index in [0.717, 1.165) is 12.1 Å². The molecule has 0 atom stereocenters. The van der Waals surface area contributed by atoms with Gasteiger partial charge < -0.3 is 10.2 Å². The van der Waals surface area contributed by atoms with E-state index >= 15 is 0 Å². The second kappa shape index (κ2) is 7.14. The zero-order valence-electron chi connectivity index (χ0n) is 12.6. The van der Waals surface area contributed by atoms with Crippen LogP contribution in [-0.4, -0.2) is 20.9 Å². The lowest BCUT2D eigenvalue weighted by atomic mass is 10.1. The van der Waals surface area contributed by atoms with Gasteiger partial charge in [0.05, 0.1) is 11.0 Å². The fourth-order valence-corrected chi connectivity index (χ4v) is 1.83. The third-order valence-electron chi connectivity index (χ3n) is 3.03. The van der Waals surface area contributed by atoms with Crippen LogP contribution >= 0.6 is 0 Å². The highest BCUT2D eigenvalue weighted by Crippen LogP contribution is 2.31. The first-order valence-electron chi connectivity index (χ1n) is 6.79. The van der Waals surface area contributed by atoms with Crippen LogP contribution in [-0.2, 0) is 4.79 Å². The second-order valence-electron chi connectivity index (χ2n) is 4.75. The average Bonchev–Trinajstić information content (AvgIpc) is 2.56. The Hall–Kier alpha value is -3.55. The highest BCUT2D eigenvalue weighted by Gasteiger charge is 2.14. The molecule has 0 aliphatic heterocycles. The zero-order chi connectivity index (χ0) is 17.7. The number of benzene rings is 2. The number of phenolic OH excluding ortho intramolecular Hbond substituents is 1. The van der Waals surface area contributed by atoms with Crippen LogP contribution in [0.1, 0.15) is 12.5 Å². The van der Waals surface area contributed by atoms with Crippen molar-refractivity contribution in [1.29, 1.82) is 0 Å². The number of rotatable bonds is 5. The second-order valence-corrected chi connectivity index (χ2v) is 4.75. The van der Waals surface area contributed by atoms with Crippen LogP contribution in [0.25, 0.3) is 5.76 Å². The summed E-state index contributed by atoms with van der Waals surface area (Å²) in [4.78, 5) is 21.6. The largest absolute Gasteiger partial charge is 0.505 e. The molecule has 0 radical (unpaired) electrons. The van der Waals surface area contributed by atoms with Crippen LogP contribution in [0.2, 0.25) is 0 Å². The summed E-state index contributed by atoms with van der Waals surface area (Å²) in [5, 5.41) is 37.9. The van der Waals surface area contributed by atoms with Gasteiger partial charge in [-0.2, -0.15) is 0 Å². The number of carbonyl (C=O) groups is 1. The lowest BCUT2D eigenvalue weighted by molar-refractivity contribution is -0.384. The molecule has 122 valence electrons. The monoisotopic (exact) mass is 327 g/mol. The summed E-state index contributed by atoms with van der Waals surface area (Å²) >= 11 is 0. The Kier molecular flexibility index (Phi) is 5.00. The quantitative estimate of drug-likeness (QED) is 0.283. The van der Waals surface area contributed by atoms with Crippen molar-refractivity contribution >= 4 is 22.9 Å². The number of non-ortho nitro benzene ring substituents is 1. The van der Waals surface area contributed by atoms with Gasteiger partial charge in [-0.3, -0.25) is 14.9 Å². The molecule has 0 heterocycles. The maximum atomic E-state index is 11.7. The maximum absolute atomic E-state index is 11.7. The van der Waals surface area contributed by atoms with E-state index in [9.17, 15) is 25.1 Å². The smallest absolute Gasteiger partial charge is 0.273 e. The van der Waals surface area contributed by atoms with Gasteiger partial charge in [-0.05, 0) is 6.07 Å². The molecular weight excluding hydrogens is 314 g/mol. The van der Waals surface area contributed by atoms with E-state index in [-0.39, 0.29) is 22.8 Å². The van der Waals surface area contributed by atoms with Crippen LogP contribution in [0.5, 0.6) is 5.75 Å². The molecule has 2 rings (SSSR count). The van der Waals surface area contributed by atoms with Gasteiger partial charge in [-0.15, -0.1) is 10.2 Å². The van der Waals surface area contributed by atoms with Crippen LogP contribution < -0.4 is 0 Å². The predicted octanol–water partition coefficient (Wildman–Crippen LogP) is 3.90. The average molecular weight is 327 g/mol. The fourth-order valence-electron chi connectivity index (χ4n) is 1.83. The van der Waals surface area contributed by atoms with Gasteiger partial charge in [-0.1, -0.05) is 30.3 Å². The summed E-state index contributed by atoms with van der Waals surface area (Å²) in [5.41, 5.74) is -0.283. The number of aliphatic hydroxyl groups excluding tert-OH is 1. The van der Waals surface area contributed by atoms with Crippen molar-refractivity contribution in [3.05, 3.63) is 69.9 Å². The number of ketones is 1. The summed E-state index contributed by atoms with van der Waals surface area (Å²) in [5.74, 6) is -1.34. The maximum Gasteiger partial charge on any atom is 0.273 e. The number of Topliss-reactive ketones (excluding diaryl/α,β-unsaturated/α-hetero) is 1. The number of hydrogen-bond donors (Lipinski definition) is 2. The molecule has 2 aromatic carbocycles. The van der Waals surface area contributed by atoms with Crippen molar-refractivity contribution in [3.63, 3.8) is 0 Å². The number of carbonyl (C=O) groups excluding carboxylic acids is 1. The minimum Gasteiger partial charge on any atom is -0.505 e. The first-order chi connectivity index (χ1) is 11.4. The fraction of sp³-hybridized carbons (Fsp3) is 0.0625. The van der Waals surface area contributed by atoms with Gasteiger partial charge in [0.15, 0.2) is 17.2 Å². The number of aromatic hydroxyl groups is 1. The molecule has 0 bridgehead atoms. The van der Waals surface area contributed by atoms with E-state index in [1.165, 1.54) is 13.0 Å². The lowest BCUT2D eigenvalue weighted by Gasteiger charge is -2.03. The van der Waals surface area contributed by atoms with Crippen molar-refractivity contribution in [3.8, 4) is 5.75 Å². The molecule has 0 aliphatic carbocycles. The molecule has 0 saturated carbocycles. The van der Waals surface area contributed by atoms with E-state index in [1.54, 1.807) is 30.3 Å². The molecule has 0 amide bonds. The van der Waals surface area contributed by atoms with Crippen molar-refractivity contribution in [2.75, 3.05) is 0 Å². The zero-order valence-corrected chi connectivity index (χ0v) is 12.6. The van der Waals surface area contributed by atoms with Gasteiger partial charge >= 0.3 is 0 Å². The number of azo groups is 1. The molecule has 0 aliphatic rings. The molecule has 0 aromatic heterocycles. The number of nitrogens with zero attached hydrogens (tertiary/aromatic N) is 3. The predicted molar refractivity (Wildman–Crippen MR) is 85.9 cm³/mol. The summed E-state index contributed by atoms with van der Waals surface area (Å²) < 4.78 is 0. The standard InChI is InChI=1S/C16H13N3O5/c1-10(20)15(16(22)11-5-3-2-4-6-11)18-17-13-8-7-12(19(23)24)9-14(13)21/h2-9,21-22H,1H3/b16-15-,18-17?. The molecule has 2 N–H and O–H groups in total. The van der Waals surface area contributed by atoms with Crippen LogP contribution in [0.4, 0.5) is 11.4 Å². The van der Waals surface area contributed by atoms with Crippen LogP contribution in [0.15, 0.2) is 64.5 Å². The summed E-state index contributed by atoms with van der Waals surface area (Å²) in [7, 11) is 0. The molecule has 0 fully saturated rings. The Labute approximate surface area is 136 Å². The van der Waals surface area contributed by atoms with Crippen molar-refractivity contribution in [2.24, 2.45) is 10.2 Å². The van der Waals surface area contributed by atoms with E-state index < -0.39 is 16.5 Å². The van der Waals surface area contributed by atoms with Gasteiger partial charge in [0.25, 0.3) is 5.69 Å². The van der Waals surface area contributed by atoms with Gasteiger partial charge in [0.1, 0.15) is 11.4 Å². The highest BCUT2D eigenvalue weighted by molar-refractivity contribution is 5.99. The number of nitro groups is 1. The molecule has 0 spiro atoms. The van der Waals surface area contributed by atoms with E-state index in [4.69, 9.17) is 0 Å². The van der Waals surface area contributed by atoms with Crippen molar-refractivity contribution in [1.82, 2.24) is 0 Å². The number of hydrogen-bond acceptors (Lipinski definition) is 7. The SMILES string of the molecule is CC(=O)/C(N=Nc1ccc([N+](=O)[O-])cc1O)=C(/O)c1ccccc1. The summed E-state index contributed by atoms with van der Waals surface area (Å²) in [6, 6.07) is 11.6. The van der Waals surface area contributed by atoms with E-state index in [2.05, 4.69) is 10.2 Å². The topological polar surface area (TPSA) is 125 Å².